The Hall–Kier alpha value is -6.09. The summed E-state index contributed by atoms with van der Waals surface area (Å²) in [6.07, 6.45) is 16.6. The van der Waals surface area contributed by atoms with Crippen molar-refractivity contribution in [1.29, 1.82) is 0 Å². The van der Waals surface area contributed by atoms with Gasteiger partial charge in [-0.2, -0.15) is 31.8 Å². The van der Waals surface area contributed by atoms with Crippen molar-refractivity contribution in [3.05, 3.63) is 131 Å². The second kappa shape index (κ2) is 17.4. The summed E-state index contributed by atoms with van der Waals surface area (Å²) >= 11 is 11.7. The number of aromatic nitrogens is 4. The molecule has 8 rings (SSSR count). The molecule has 3 aliphatic heterocycles. The number of anilines is 2. The topological polar surface area (TPSA) is 235 Å². The van der Waals surface area contributed by atoms with E-state index in [9.17, 15) is 30.7 Å². The zero-order valence-corrected chi connectivity index (χ0v) is 38.4. The number of aryl methyl sites for hydroxylation is 1. The van der Waals surface area contributed by atoms with Crippen molar-refractivity contribution in [3.8, 4) is 11.3 Å². The van der Waals surface area contributed by atoms with Crippen LogP contribution in [-0.2, 0) is 37.0 Å². The molecular formula is C44H41Cl2N8O9S2+. The minimum absolute atomic E-state index is 0.00563. The third-order valence-electron chi connectivity index (χ3n) is 11.2. The molecule has 3 aliphatic rings. The number of nitrogens with one attached hydrogen (secondary N) is 1. The first-order valence-electron chi connectivity index (χ1n) is 20.1. The minimum atomic E-state index is -4.91. The molecule has 65 heavy (non-hydrogen) atoms. The van der Waals surface area contributed by atoms with Gasteiger partial charge >= 0.3 is 5.82 Å². The number of aliphatic imine (C=N–C) groups is 2. The molecule has 0 fully saturated rings. The molecule has 1 amide bonds. The standard InChI is InChI=1S/C44H40Cl2N8O9S2/c1-43(2)31-19-26(33-11-9-17-62-33)24-53(16-7-5-6-15-37(55)49-42-51-40(45)50-41(46)52-42)38(31)47-35(43)13-8-14-36-44(3,4)32-20-27(34-12-10-18-63-34)25-54(39(32)48-36)28-21-29(64(56,57)58)23-30(22-28)65(59,60)61/h8-14,17-25H,5-7,15-16H2,1-4H3,(H2-,49,50,51,52,55,56,57,58,59,60,61)/p+1. The summed E-state index contributed by atoms with van der Waals surface area (Å²) in [7, 11) is -9.81. The number of unbranched alkanes of at least 4 members (excludes halogenated alkanes) is 2. The van der Waals surface area contributed by atoms with E-state index in [1.165, 1.54) is 11.2 Å². The molecule has 5 aromatic rings. The van der Waals surface area contributed by atoms with E-state index in [2.05, 4.69) is 44.7 Å². The SMILES string of the molecule is CC1(C)C2=CC(c3ccco3)=CN(c3cc(S(=O)(=O)O)cc(S(=O)(=O)O)c3)C2=N/C1=C\C=C\C1=Nc2c(cc(-c3ccco3)c[n+]2CCCCCC(=O)Nc2nc(Cl)nc(Cl)n2)C1(C)C. The van der Waals surface area contributed by atoms with Crippen LogP contribution in [0, 0.1) is 5.41 Å². The summed E-state index contributed by atoms with van der Waals surface area (Å²) in [5.74, 6) is 2.04. The fourth-order valence-corrected chi connectivity index (χ4v) is 9.25. The van der Waals surface area contributed by atoms with Crippen LogP contribution in [0.15, 0.2) is 138 Å². The average molecular weight is 961 g/mol. The lowest BCUT2D eigenvalue weighted by molar-refractivity contribution is -0.684. The van der Waals surface area contributed by atoms with Crippen molar-refractivity contribution in [2.75, 3.05) is 10.2 Å². The van der Waals surface area contributed by atoms with Crippen molar-refractivity contribution < 1.29 is 44.1 Å². The van der Waals surface area contributed by atoms with Gasteiger partial charge < -0.3 is 13.7 Å². The Labute approximate surface area is 384 Å². The lowest BCUT2D eigenvalue weighted by Gasteiger charge is -2.30. The van der Waals surface area contributed by atoms with Gasteiger partial charge in [0.15, 0.2) is 5.71 Å². The molecule has 0 bridgehead atoms. The smallest absolute Gasteiger partial charge is 0.327 e. The fraction of sp³-hybridized carbons (Fsp3) is 0.250. The highest BCUT2D eigenvalue weighted by molar-refractivity contribution is 7.86. The number of fused-ring (bicyclic) bond motifs is 2. The van der Waals surface area contributed by atoms with Gasteiger partial charge in [-0.3, -0.25) is 19.2 Å². The second-order valence-corrected chi connectivity index (χ2v) is 19.9. The Balaban J connectivity index is 1.07. The first-order valence-corrected chi connectivity index (χ1v) is 23.7. The van der Waals surface area contributed by atoms with E-state index in [0.29, 0.717) is 53.2 Å². The number of nitrogens with zero attached hydrogens (tertiary/aromatic N) is 7. The molecule has 7 heterocycles. The molecule has 0 aliphatic carbocycles. The van der Waals surface area contributed by atoms with Crippen LogP contribution in [0.2, 0.25) is 10.6 Å². The number of benzene rings is 1. The number of furan rings is 2. The van der Waals surface area contributed by atoms with Crippen molar-refractivity contribution in [1.82, 2.24) is 15.0 Å². The van der Waals surface area contributed by atoms with Crippen LogP contribution in [0.1, 0.15) is 64.7 Å². The highest BCUT2D eigenvalue weighted by Gasteiger charge is 2.44. The van der Waals surface area contributed by atoms with E-state index in [0.717, 1.165) is 47.6 Å². The van der Waals surface area contributed by atoms with Gasteiger partial charge in [0, 0.05) is 34.9 Å². The van der Waals surface area contributed by atoms with E-state index in [1.54, 1.807) is 24.6 Å². The summed E-state index contributed by atoms with van der Waals surface area (Å²) in [5.41, 5.74) is 3.26. The number of allylic oxidation sites excluding steroid dienone is 6. The Morgan fingerprint density at radius 3 is 2.15 bits per heavy atom. The quantitative estimate of drug-likeness (QED) is 0.0537. The third-order valence-corrected chi connectivity index (χ3v) is 13.2. The van der Waals surface area contributed by atoms with E-state index < -0.39 is 40.9 Å². The van der Waals surface area contributed by atoms with E-state index in [1.807, 2.05) is 56.5 Å². The zero-order chi connectivity index (χ0) is 46.5. The van der Waals surface area contributed by atoms with Crippen molar-refractivity contribution in [2.45, 2.75) is 75.1 Å². The summed E-state index contributed by atoms with van der Waals surface area (Å²) in [5, 5.41) is 2.36. The predicted octanol–water partition coefficient (Wildman–Crippen LogP) is 8.74. The number of carbonyl (C=O) groups is 1. The van der Waals surface area contributed by atoms with E-state index in [4.69, 9.17) is 42.0 Å². The van der Waals surface area contributed by atoms with Crippen LogP contribution in [0.4, 0.5) is 17.5 Å². The summed E-state index contributed by atoms with van der Waals surface area (Å²) in [6.45, 7) is 8.74. The Bertz CT molecular complexity index is 3090. The Morgan fingerprint density at radius 2 is 1.52 bits per heavy atom. The number of hydrogen-bond donors (Lipinski definition) is 3. The number of carbonyl (C=O) groups excluding carboxylic acids is 1. The van der Waals surface area contributed by atoms with Crippen LogP contribution in [0.5, 0.6) is 0 Å². The van der Waals surface area contributed by atoms with Gasteiger partial charge in [-0.25, -0.2) is 9.56 Å². The molecule has 0 spiro atoms. The van der Waals surface area contributed by atoms with E-state index in [-0.39, 0.29) is 34.5 Å². The number of halogens is 2. The zero-order valence-electron chi connectivity index (χ0n) is 35.2. The van der Waals surface area contributed by atoms with Crippen LogP contribution in [0.25, 0.3) is 16.9 Å². The predicted molar refractivity (Wildman–Crippen MR) is 243 cm³/mol. The molecule has 0 atom stereocenters. The van der Waals surface area contributed by atoms with Gasteiger partial charge in [0.25, 0.3) is 20.2 Å². The maximum atomic E-state index is 12.6. The number of rotatable bonds is 14. The maximum Gasteiger partial charge on any atom is 0.327 e. The lowest BCUT2D eigenvalue weighted by Crippen LogP contribution is -2.35. The average Bonchev–Trinajstić information content (AvgIpc) is 4.05. The van der Waals surface area contributed by atoms with Gasteiger partial charge in [-0.05, 0) is 128 Å². The molecule has 3 N–H and O–H groups in total. The third kappa shape index (κ3) is 9.52. The largest absolute Gasteiger partial charge is 0.464 e. The first kappa shape index (κ1) is 45.5. The first-order chi connectivity index (χ1) is 30.7. The van der Waals surface area contributed by atoms with Crippen LogP contribution in [0.3, 0.4) is 0 Å². The molecular weight excluding hydrogens is 920 g/mol. The maximum absolute atomic E-state index is 12.6. The molecule has 0 radical (unpaired) electrons. The van der Waals surface area contributed by atoms with Gasteiger partial charge in [0.1, 0.15) is 23.6 Å². The Kier molecular flexibility index (Phi) is 12.2. The van der Waals surface area contributed by atoms with Crippen molar-refractivity contribution in [2.24, 2.45) is 15.4 Å². The fourth-order valence-electron chi connectivity index (χ4n) is 7.72. The number of pyridine rings is 1. The monoisotopic (exact) mass is 959 g/mol. The Morgan fingerprint density at radius 1 is 0.862 bits per heavy atom. The highest BCUT2D eigenvalue weighted by Crippen LogP contribution is 2.48. The van der Waals surface area contributed by atoms with Crippen LogP contribution >= 0.6 is 23.2 Å². The van der Waals surface area contributed by atoms with Crippen molar-refractivity contribution >= 4 is 83.9 Å². The number of amidine groups is 1. The molecule has 0 saturated heterocycles. The highest BCUT2D eigenvalue weighted by atomic mass is 35.5. The van der Waals surface area contributed by atoms with Crippen LogP contribution < -0.4 is 14.8 Å². The molecule has 336 valence electrons. The molecule has 0 unspecified atom stereocenters. The lowest BCUT2D eigenvalue weighted by atomic mass is 9.80. The summed E-state index contributed by atoms with van der Waals surface area (Å²) in [6, 6.07) is 12.1. The summed E-state index contributed by atoms with van der Waals surface area (Å²) < 4.78 is 82.7. The van der Waals surface area contributed by atoms with Gasteiger partial charge in [0.2, 0.25) is 22.4 Å². The second-order valence-electron chi connectivity index (χ2n) is 16.4. The summed E-state index contributed by atoms with van der Waals surface area (Å²) in [4.78, 5) is 34.2. The van der Waals surface area contributed by atoms with Crippen LogP contribution in [-0.4, -0.2) is 58.3 Å². The minimum Gasteiger partial charge on any atom is -0.464 e. The normalized spacial score (nSPS) is 17.2. The van der Waals surface area contributed by atoms with E-state index >= 15 is 0 Å². The molecule has 0 saturated carbocycles. The number of hydrogen-bond acceptors (Lipinski definition) is 13. The van der Waals surface area contributed by atoms with Crippen molar-refractivity contribution in [3.63, 3.8) is 0 Å². The number of amides is 1. The van der Waals surface area contributed by atoms with Gasteiger partial charge in [-0.15, -0.1) is 0 Å². The molecule has 21 heteroatoms. The van der Waals surface area contributed by atoms with Gasteiger partial charge in [0.05, 0.1) is 51.1 Å². The molecule has 17 nitrogen and oxygen atoms in total. The molecule has 4 aromatic heterocycles. The molecule has 1 aromatic carbocycles. The van der Waals surface area contributed by atoms with Gasteiger partial charge in [-0.1, -0.05) is 19.9 Å².